The number of nitrogens with one attached hydrogen (secondary N) is 1. The van der Waals surface area contributed by atoms with Gasteiger partial charge in [-0.15, -0.1) is 0 Å². The van der Waals surface area contributed by atoms with E-state index in [1.165, 1.54) is 16.7 Å². The lowest BCUT2D eigenvalue weighted by Crippen LogP contribution is -2.34. The topological polar surface area (TPSA) is 47.3 Å². The molecule has 5 heteroatoms. The molecule has 0 radical (unpaired) electrons. The van der Waals surface area contributed by atoms with Crippen molar-refractivity contribution in [1.29, 1.82) is 0 Å². The first-order valence-electron chi connectivity index (χ1n) is 9.27. The number of hydrogen-bond acceptors (Lipinski definition) is 4. The quantitative estimate of drug-likeness (QED) is 0.511. The first kappa shape index (κ1) is 19.6. The Morgan fingerprint density at radius 2 is 2.15 bits per heavy atom. The van der Waals surface area contributed by atoms with E-state index >= 15 is 0 Å². The molecule has 0 saturated carbocycles. The van der Waals surface area contributed by atoms with Crippen LogP contribution in [0, 0.1) is 0 Å². The van der Waals surface area contributed by atoms with Gasteiger partial charge in [0.15, 0.2) is 0 Å². The smallest absolute Gasteiger partial charge is 0.119 e. The van der Waals surface area contributed by atoms with Gasteiger partial charge in [-0.25, -0.2) is 0 Å². The third-order valence-corrected chi connectivity index (χ3v) is 5.78. The molecule has 1 aliphatic carbocycles. The number of rotatable bonds is 8. The van der Waals surface area contributed by atoms with Crippen molar-refractivity contribution in [1.82, 2.24) is 4.72 Å². The van der Waals surface area contributed by atoms with E-state index in [2.05, 4.69) is 35.9 Å². The number of ether oxygens (including phenoxy) is 1. The molecule has 26 heavy (non-hydrogen) atoms. The van der Waals surface area contributed by atoms with E-state index in [9.17, 15) is 0 Å². The first-order chi connectivity index (χ1) is 12.7. The molecule has 0 heterocycles. The van der Waals surface area contributed by atoms with Crippen molar-refractivity contribution < 1.29 is 4.74 Å². The molecular formula is C21H27ClN2OS. The van der Waals surface area contributed by atoms with Crippen molar-refractivity contribution in [2.75, 3.05) is 18.9 Å². The molecule has 0 amide bonds. The molecule has 3 rings (SSSR count). The van der Waals surface area contributed by atoms with Gasteiger partial charge in [0, 0.05) is 29.3 Å². The van der Waals surface area contributed by atoms with E-state index in [4.69, 9.17) is 22.1 Å². The molecule has 2 atom stereocenters. The Morgan fingerprint density at radius 3 is 2.96 bits per heavy atom. The molecule has 2 aromatic carbocycles. The van der Waals surface area contributed by atoms with Gasteiger partial charge in [-0.05, 0) is 60.2 Å². The van der Waals surface area contributed by atoms with Crippen LogP contribution < -0.4 is 15.2 Å². The number of aryl methyl sites for hydroxylation is 1. The largest absolute Gasteiger partial charge is 0.492 e. The van der Waals surface area contributed by atoms with Gasteiger partial charge >= 0.3 is 0 Å². The maximum Gasteiger partial charge on any atom is 0.119 e. The Balaban J connectivity index is 1.73. The standard InChI is InChI=1S/C21H27ClN2OS/c1-2-26-24-10-11-25-18-8-6-16-7-9-21(23)20(19(16)14-18)13-15-4-3-5-17(22)12-15/h3-6,8,12,14,20-21,24H,2,7,9-11,13,23H2,1H3. The van der Waals surface area contributed by atoms with Gasteiger partial charge in [-0.3, -0.25) is 4.72 Å². The Kier molecular flexibility index (Phi) is 7.26. The van der Waals surface area contributed by atoms with Crippen molar-refractivity contribution in [3.63, 3.8) is 0 Å². The SMILES string of the molecule is CCSNCCOc1ccc2c(c1)C(Cc1cccc(Cl)c1)C(N)CC2. The lowest BCUT2D eigenvalue weighted by atomic mass is 9.76. The first-order valence-corrected chi connectivity index (χ1v) is 10.6. The minimum atomic E-state index is 0.166. The van der Waals surface area contributed by atoms with E-state index < -0.39 is 0 Å². The minimum absolute atomic E-state index is 0.166. The van der Waals surface area contributed by atoms with E-state index in [0.29, 0.717) is 12.5 Å². The molecule has 2 unspecified atom stereocenters. The summed E-state index contributed by atoms with van der Waals surface area (Å²) in [5.74, 6) is 2.29. The average Bonchev–Trinajstić information content (AvgIpc) is 2.64. The highest BCUT2D eigenvalue weighted by Gasteiger charge is 2.27. The molecule has 0 bridgehead atoms. The summed E-state index contributed by atoms with van der Waals surface area (Å²) in [4.78, 5) is 0. The summed E-state index contributed by atoms with van der Waals surface area (Å²) in [5, 5.41) is 0.779. The van der Waals surface area contributed by atoms with E-state index in [1.807, 2.05) is 18.2 Å². The van der Waals surface area contributed by atoms with Crippen LogP contribution in [0.1, 0.15) is 36.0 Å². The van der Waals surface area contributed by atoms with Gasteiger partial charge in [-0.2, -0.15) is 0 Å². The van der Waals surface area contributed by atoms with Crippen molar-refractivity contribution in [3.8, 4) is 5.75 Å². The highest BCUT2D eigenvalue weighted by Crippen LogP contribution is 2.36. The molecule has 0 spiro atoms. The zero-order valence-corrected chi connectivity index (χ0v) is 16.8. The Morgan fingerprint density at radius 1 is 1.27 bits per heavy atom. The summed E-state index contributed by atoms with van der Waals surface area (Å²) < 4.78 is 9.21. The van der Waals surface area contributed by atoms with Gasteiger partial charge in [-0.1, -0.05) is 48.7 Å². The Hall–Kier alpha value is -1.20. The lowest BCUT2D eigenvalue weighted by Gasteiger charge is -2.32. The van der Waals surface area contributed by atoms with Crippen LogP contribution in [0.2, 0.25) is 5.02 Å². The summed E-state index contributed by atoms with van der Waals surface area (Å²) in [5.41, 5.74) is 10.5. The molecule has 3 N–H and O–H groups in total. The normalized spacial score (nSPS) is 19.2. The van der Waals surface area contributed by atoms with E-state index in [1.54, 1.807) is 11.9 Å². The van der Waals surface area contributed by atoms with Gasteiger partial charge in [0.2, 0.25) is 0 Å². The average molecular weight is 391 g/mol. The number of nitrogens with two attached hydrogens (primary N) is 1. The highest BCUT2D eigenvalue weighted by atomic mass is 35.5. The van der Waals surface area contributed by atoms with Gasteiger partial charge in [0.05, 0.1) is 0 Å². The number of hydrogen-bond donors (Lipinski definition) is 2. The fourth-order valence-corrected chi connectivity index (χ4v) is 4.20. The van der Waals surface area contributed by atoms with Gasteiger partial charge in [0.1, 0.15) is 12.4 Å². The predicted molar refractivity (Wildman–Crippen MR) is 112 cm³/mol. The molecule has 0 aromatic heterocycles. The maximum atomic E-state index is 6.50. The van der Waals surface area contributed by atoms with Crippen molar-refractivity contribution in [2.45, 2.75) is 38.1 Å². The summed E-state index contributed by atoms with van der Waals surface area (Å²) in [7, 11) is 0. The third-order valence-electron chi connectivity index (χ3n) is 4.84. The third kappa shape index (κ3) is 5.17. The molecule has 140 valence electrons. The second-order valence-electron chi connectivity index (χ2n) is 6.68. The van der Waals surface area contributed by atoms with Crippen LogP contribution in [0.25, 0.3) is 0 Å². The molecule has 0 saturated heterocycles. The fraction of sp³-hybridized carbons (Fsp3) is 0.429. The second kappa shape index (κ2) is 9.65. The highest BCUT2D eigenvalue weighted by molar-refractivity contribution is 7.97. The Labute approximate surface area is 165 Å². The molecule has 2 aromatic rings. The summed E-state index contributed by atoms with van der Waals surface area (Å²) in [6.07, 6.45) is 2.97. The second-order valence-corrected chi connectivity index (χ2v) is 8.27. The summed E-state index contributed by atoms with van der Waals surface area (Å²) in [6.45, 7) is 3.63. The molecule has 1 aliphatic rings. The van der Waals surface area contributed by atoms with Gasteiger partial charge in [0.25, 0.3) is 0 Å². The van der Waals surface area contributed by atoms with Crippen LogP contribution in [-0.4, -0.2) is 24.9 Å². The van der Waals surface area contributed by atoms with E-state index in [-0.39, 0.29) is 6.04 Å². The monoisotopic (exact) mass is 390 g/mol. The van der Waals surface area contributed by atoms with Crippen molar-refractivity contribution in [3.05, 3.63) is 64.2 Å². The molecule has 0 aliphatic heterocycles. The molecule has 3 nitrogen and oxygen atoms in total. The summed E-state index contributed by atoms with van der Waals surface area (Å²) >= 11 is 7.87. The molecule has 0 fully saturated rings. The van der Waals surface area contributed by atoms with Crippen LogP contribution in [0.4, 0.5) is 0 Å². The number of benzene rings is 2. The maximum absolute atomic E-state index is 6.50. The number of fused-ring (bicyclic) bond motifs is 1. The van der Waals surface area contributed by atoms with Crippen LogP contribution >= 0.6 is 23.5 Å². The molecular weight excluding hydrogens is 364 g/mol. The fourth-order valence-electron chi connectivity index (χ4n) is 3.55. The van der Waals surface area contributed by atoms with Crippen LogP contribution in [-0.2, 0) is 12.8 Å². The lowest BCUT2D eigenvalue weighted by molar-refractivity contribution is 0.323. The zero-order valence-electron chi connectivity index (χ0n) is 15.2. The van der Waals surface area contributed by atoms with Crippen molar-refractivity contribution >= 4 is 23.5 Å². The van der Waals surface area contributed by atoms with Crippen LogP contribution in [0.15, 0.2) is 42.5 Å². The zero-order chi connectivity index (χ0) is 18.4. The van der Waals surface area contributed by atoms with Crippen LogP contribution in [0.5, 0.6) is 5.75 Å². The Bertz CT molecular complexity index is 725. The van der Waals surface area contributed by atoms with Crippen molar-refractivity contribution in [2.24, 2.45) is 5.73 Å². The minimum Gasteiger partial charge on any atom is -0.492 e. The van der Waals surface area contributed by atoms with Crippen LogP contribution in [0.3, 0.4) is 0 Å². The summed E-state index contributed by atoms with van der Waals surface area (Å²) in [6, 6.07) is 14.7. The van der Waals surface area contributed by atoms with E-state index in [0.717, 1.165) is 42.3 Å². The number of halogens is 1. The van der Waals surface area contributed by atoms with Gasteiger partial charge < -0.3 is 10.5 Å². The predicted octanol–water partition coefficient (Wildman–Crippen LogP) is 4.58.